The van der Waals surface area contributed by atoms with Gasteiger partial charge in [-0.3, -0.25) is 0 Å². The van der Waals surface area contributed by atoms with Crippen LogP contribution in [0.25, 0.3) is 0 Å². The number of hydrogen-bond acceptors (Lipinski definition) is 1. The lowest BCUT2D eigenvalue weighted by Gasteiger charge is -2.52. The third-order valence-electron chi connectivity index (χ3n) is 4.75. The first-order chi connectivity index (χ1) is 7.64. The Bertz CT molecular complexity index is 388. The number of fused-ring (bicyclic) bond motifs is 3. The molecule has 0 amide bonds. The van der Waals surface area contributed by atoms with E-state index in [1.807, 2.05) is 12.1 Å². The fraction of sp³-hybridized carbons (Fsp3) is 0.571. The van der Waals surface area contributed by atoms with E-state index in [1.165, 1.54) is 0 Å². The second-order valence-electron chi connectivity index (χ2n) is 5.62. The van der Waals surface area contributed by atoms with Crippen molar-refractivity contribution in [2.75, 3.05) is 0 Å². The average Bonchev–Trinajstić information content (AvgIpc) is 2.31. The molecule has 0 unspecified atom stereocenters. The van der Waals surface area contributed by atoms with E-state index in [1.54, 1.807) is 12.1 Å². The zero-order chi connectivity index (χ0) is 11.2. The van der Waals surface area contributed by atoms with Gasteiger partial charge >= 0.3 is 0 Å². The van der Waals surface area contributed by atoms with Crippen molar-refractivity contribution >= 4 is 0 Å². The first-order valence-electron chi connectivity index (χ1n) is 6.18. The Kier molecular flexibility index (Phi) is 2.12. The molecule has 2 heteroatoms. The summed E-state index contributed by atoms with van der Waals surface area (Å²) in [5.74, 6) is -0.0334. The zero-order valence-electron chi connectivity index (χ0n) is 9.51. The zero-order valence-corrected chi connectivity index (χ0v) is 9.51. The number of benzene rings is 1. The van der Waals surface area contributed by atoms with Crippen LogP contribution in [0.4, 0.5) is 4.39 Å². The second kappa shape index (κ2) is 3.30. The van der Waals surface area contributed by atoms with E-state index in [2.05, 4.69) is 0 Å². The smallest absolute Gasteiger partial charge is 0.126 e. The SMILES string of the molecule is NC12CCC(c3ccccc3F)(CC1)CC2. The molecule has 2 N–H and O–H groups in total. The average molecular weight is 219 g/mol. The number of nitrogens with two attached hydrogens (primary N) is 1. The quantitative estimate of drug-likeness (QED) is 0.771. The normalized spacial score (nSPS) is 37.6. The second-order valence-corrected chi connectivity index (χ2v) is 5.62. The topological polar surface area (TPSA) is 26.0 Å². The minimum Gasteiger partial charge on any atom is -0.325 e. The molecule has 3 fully saturated rings. The molecule has 0 spiro atoms. The van der Waals surface area contributed by atoms with E-state index in [-0.39, 0.29) is 16.8 Å². The fourth-order valence-corrected chi connectivity index (χ4v) is 3.51. The number of rotatable bonds is 1. The first kappa shape index (κ1) is 10.3. The summed E-state index contributed by atoms with van der Waals surface area (Å²) in [7, 11) is 0. The minimum absolute atomic E-state index is 0.0334. The molecule has 16 heavy (non-hydrogen) atoms. The summed E-state index contributed by atoms with van der Waals surface area (Å²) in [6.07, 6.45) is 6.35. The van der Waals surface area contributed by atoms with Gasteiger partial charge in [-0.25, -0.2) is 4.39 Å². The van der Waals surface area contributed by atoms with Crippen LogP contribution in [0.15, 0.2) is 24.3 Å². The maximum absolute atomic E-state index is 13.9. The molecule has 1 nitrogen and oxygen atoms in total. The van der Waals surface area contributed by atoms with Crippen LogP contribution >= 0.6 is 0 Å². The number of hydrogen-bond donors (Lipinski definition) is 1. The summed E-state index contributed by atoms with van der Waals surface area (Å²) in [6, 6.07) is 7.27. The molecule has 0 saturated heterocycles. The highest BCUT2D eigenvalue weighted by atomic mass is 19.1. The van der Waals surface area contributed by atoms with Crippen LogP contribution in [0.2, 0.25) is 0 Å². The van der Waals surface area contributed by atoms with Gasteiger partial charge in [-0.2, -0.15) is 0 Å². The van der Waals surface area contributed by atoms with Gasteiger partial charge in [0.15, 0.2) is 0 Å². The Morgan fingerprint density at radius 2 is 1.50 bits per heavy atom. The molecular formula is C14H18FN. The lowest BCUT2D eigenvalue weighted by molar-refractivity contribution is 0.104. The molecule has 0 atom stereocenters. The molecule has 0 heterocycles. The van der Waals surface area contributed by atoms with E-state index in [9.17, 15) is 4.39 Å². The monoisotopic (exact) mass is 219 g/mol. The summed E-state index contributed by atoms with van der Waals surface area (Å²) < 4.78 is 13.9. The van der Waals surface area contributed by atoms with Crippen LogP contribution in [-0.4, -0.2) is 5.54 Å². The molecule has 1 aromatic carbocycles. The summed E-state index contributed by atoms with van der Waals surface area (Å²) in [5, 5.41) is 0. The van der Waals surface area contributed by atoms with Crippen LogP contribution < -0.4 is 5.73 Å². The third-order valence-corrected chi connectivity index (χ3v) is 4.75. The summed E-state index contributed by atoms with van der Waals surface area (Å²) in [4.78, 5) is 0. The molecule has 0 aromatic heterocycles. The standard InChI is InChI=1S/C14H18FN/c15-12-4-2-1-3-11(12)13-5-8-14(16,9-6-13)10-7-13/h1-4H,5-10,16H2. The molecule has 3 saturated carbocycles. The first-order valence-corrected chi connectivity index (χ1v) is 6.18. The highest BCUT2D eigenvalue weighted by Crippen LogP contribution is 2.52. The number of halogens is 1. The Balaban J connectivity index is 1.99. The van der Waals surface area contributed by atoms with Gasteiger partial charge in [0, 0.05) is 5.54 Å². The molecule has 3 aliphatic carbocycles. The fourth-order valence-electron chi connectivity index (χ4n) is 3.51. The predicted molar refractivity (Wildman–Crippen MR) is 62.7 cm³/mol. The van der Waals surface area contributed by atoms with E-state index in [4.69, 9.17) is 5.73 Å². The molecule has 0 radical (unpaired) electrons. The van der Waals surface area contributed by atoms with Crippen LogP contribution in [0, 0.1) is 5.82 Å². The molecular weight excluding hydrogens is 201 g/mol. The van der Waals surface area contributed by atoms with Gasteiger partial charge in [0.1, 0.15) is 5.82 Å². The van der Waals surface area contributed by atoms with E-state index in [0.717, 1.165) is 44.1 Å². The molecule has 1 aromatic rings. The van der Waals surface area contributed by atoms with Crippen LogP contribution in [-0.2, 0) is 5.41 Å². The van der Waals surface area contributed by atoms with Gasteiger partial charge in [0.25, 0.3) is 0 Å². The van der Waals surface area contributed by atoms with Crippen molar-refractivity contribution in [1.29, 1.82) is 0 Å². The van der Waals surface area contributed by atoms with Crippen molar-refractivity contribution in [2.24, 2.45) is 5.73 Å². The lowest BCUT2D eigenvalue weighted by atomic mass is 9.55. The summed E-state index contributed by atoms with van der Waals surface area (Å²) >= 11 is 0. The Labute approximate surface area is 95.8 Å². The van der Waals surface area contributed by atoms with Crippen LogP contribution in [0.1, 0.15) is 44.1 Å². The molecule has 4 rings (SSSR count). The van der Waals surface area contributed by atoms with Crippen LogP contribution in [0.5, 0.6) is 0 Å². The predicted octanol–water partition coefficient (Wildman–Crippen LogP) is 3.13. The largest absolute Gasteiger partial charge is 0.325 e. The van der Waals surface area contributed by atoms with Crippen LogP contribution in [0.3, 0.4) is 0 Å². The maximum atomic E-state index is 13.9. The van der Waals surface area contributed by atoms with E-state index in [0.29, 0.717) is 0 Å². The highest BCUT2D eigenvalue weighted by molar-refractivity contribution is 5.30. The van der Waals surface area contributed by atoms with E-state index < -0.39 is 0 Å². The van der Waals surface area contributed by atoms with Gasteiger partial charge in [-0.15, -0.1) is 0 Å². The van der Waals surface area contributed by atoms with Gasteiger partial charge in [0.05, 0.1) is 0 Å². The van der Waals surface area contributed by atoms with Gasteiger partial charge in [-0.05, 0) is 55.6 Å². The molecule has 2 bridgehead atoms. The Morgan fingerprint density at radius 3 is 2.06 bits per heavy atom. The van der Waals surface area contributed by atoms with Gasteiger partial charge in [-0.1, -0.05) is 18.2 Å². The highest BCUT2D eigenvalue weighted by Gasteiger charge is 2.48. The summed E-state index contributed by atoms with van der Waals surface area (Å²) in [6.45, 7) is 0. The Hall–Kier alpha value is -0.890. The molecule has 3 aliphatic rings. The molecule has 0 aliphatic heterocycles. The van der Waals surface area contributed by atoms with E-state index >= 15 is 0 Å². The van der Waals surface area contributed by atoms with Crippen molar-refractivity contribution in [3.05, 3.63) is 35.6 Å². The van der Waals surface area contributed by atoms with Crippen molar-refractivity contribution in [3.8, 4) is 0 Å². The van der Waals surface area contributed by atoms with Gasteiger partial charge < -0.3 is 5.73 Å². The molecule has 86 valence electrons. The summed E-state index contributed by atoms with van der Waals surface area (Å²) in [5.41, 5.74) is 7.36. The maximum Gasteiger partial charge on any atom is 0.126 e. The van der Waals surface area contributed by atoms with Crippen molar-refractivity contribution in [3.63, 3.8) is 0 Å². The van der Waals surface area contributed by atoms with Crippen molar-refractivity contribution in [1.82, 2.24) is 0 Å². The third kappa shape index (κ3) is 1.40. The van der Waals surface area contributed by atoms with Crippen molar-refractivity contribution in [2.45, 2.75) is 49.5 Å². The van der Waals surface area contributed by atoms with Crippen molar-refractivity contribution < 1.29 is 4.39 Å². The minimum atomic E-state index is -0.0334. The Morgan fingerprint density at radius 1 is 0.938 bits per heavy atom. The van der Waals surface area contributed by atoms with Gasteiger partial charge in [0.2, 0.25) is 0 Å². The lowest BCUT2D eigenvalue weighted by Crippen LogP contribution is -2.53.